The third-order valence-corrected chi connectivity index (χ3v) is 3.89. The summed E-state index contributed by atoms with van der Waals surface area (Å²) in [4.78, 5) is 16.7. The van der Waals surface area contributed by atoms with Crippen LogP contribution < -0.4 is 4.74 Å². The van der Waals surface area contributed by atoms with Gasteiger partial charge in [-0.2, -0.15) is 0 Å². The van der Waals surface area contributed by atoms with Gasteiger partial charge in [-0.3, -0.25) is 4.79 Å². The van der Waals surface area contributed by atoms with Gasteiger partial charge in [0.05, 0.1) is 12.7 Å². The van der Waals surface area contributed by atoms with Crippen molar-refractivity contribution in [1.82, 2.24) is 9.80 Å². The van der Waals surface area contributed by atoms with Gasteiger partial charge in [0.2, 0.25) is 0 Å². The minimum absolute atomic E-state index is 0.0482. The van der Waals surface area contributed by atoms with Gasteiger partial charge >= 0.3 is 0 Å². The number of amides is 1. The number of carbonyl (C=O) groups excluding carboxylic acids is 1. The molecule has 1 amide bonds. The quantitative estimate of drug-likeness (QED) is 0.833. The van der Waals surface area contributed by atoms with E-state index in [9.17, 15) is 4.79 Å². The van der Waals surface area contributed by atoms with E-state index >= 15 is 0 Å². The van der Waals surface area contributed by atoms with Crippen LogP contribution in [0.15, 0.2) is 24.3 Å². The summed E-state index contributed by atoms with van der Waals surface area (Å²) in [7, 11) is 5.62. The monoisotopic (exact) mass is 262 g/mol. The Bertz CT molecular complexity index is 440. The molecule has 0 spiro atoms. The first-order valence-electron chi connectivity index (χ1n) is 6.72. The molecule has 1 heterocycles. The second-order valence-corrected chi connectivity index (χ2v) is 5.15. The molecule has 104 valence electrons. The molecule has 1 aliphatic rings. The second-order valence-electron chi connectivity index (χ2n) is 5.15. The van der Waals surface area contributed by atoms with Crippen molar-refractivity contribution >= 4 is 5.91 Å². The molecule has 4 nitrogen and oxygen atoms in total. The minimum atomic E-state index is 0.0482. The molecule has 19 heavy (non-hydrogen) atoms. The second kappa shape index (κ2) is 6.06. The van der Waals surface area contributed by atoms with Crippen LogP contribution in [-0.4, -0.2) is 56.0 Å². The fourth-order valence-electron chi connectivity index (χ4n) is 2.56. The number of benzene rings is 1. The van der Waals surface area contributed by atoms with Crippen LogP contribution in [-0.2, 0) is 0 Å². The molecule has 0 bridgehead atoms. The van der Waals surface area contributed by atoms with E-state index in [-0.39, 0.29) is 5.91 Å². The Morgan fingerprint density at radius 1 is 1.32 bits per heavy atom. The topological polar surface area (TPSA) is 32.8 Å². The van der Waals surface area contributed by atoms with Crippen molar-refractivity contribution in [2.75, 3.05) is 34.3 Å². The molecule has 1 saturated heterocycles. The van der Waals surface area contributed by atoms with Crippen LogP contribution in [0.2, 0.25) is 0 Å². The highest BCUT2D eigenvalue weighted by Crippen LogP contribution is 2.22. The van der Waals surface area contributed by atoms with Crippen molar-refractivity contribution in [2.24, 2.45) is 0 Å². The summed E-state index contributed by atoms with van der Waals surface area (Å²) in [5.74, 6) is 0.694. The van der Waals surface area contributed by atoms with Crippen LogP contribution in [0.5, 0.6) is 5.75 Å². The first-order chi connectivity index (χ1) is 9.13. The van der Waals surface area contributed by atoms with E-state index in [1.165, 1.54) is 0 Å². The summed E-state index contributed by atoms with van der Waals surface area (Å²) in [6, 6.07) is 7.74. The molecule has 0 aromatic heterocycles. The number of ether oxygens (including phenoxy) is 1. The minimum Gasteiger partial charge on any atom is -0.496 e. The molecule has 0 radical (unpaired) electrons. The Morgan fingerprint density at radius 2 is 1.95 bits per heavy atom. The summed E-state index contributed by atoms with van der Waals surface area (Å²) >= 11 is 0. The van der Waals surface area contributed by atoms with Crippen LogP contribution in [0.25, 0.3) is 0 Å². The lowest BCUT2D eigenvalue weighted by Gasteiger charge is -2.35. The average Bonchev–Trinajstić information content (AvgIpc) is 2.46. The number of hydrogen-bond acceptors (Lipinski definition) is 3. The highest BCUT2D eigenvalue weighted by molar-refractivity contribution is 5.97. The molecule has 1 aromatic carbocycles. The number of rotatable bonds is 3. The highest BCUT2D eigenvalue weighted by atomic mass is 16.5. The maximum atomic E-state index is 12.5. The summed E-state index contributed by atoms with van der Waals surface area (Å²) in [5, 5.41) is 0. The number of likely N-dealkylation sites (tertiary alicyclic amines) is 1. The number of hydrogen-bond donors (Lipinski definition) is 0. The van der Waals surface area contributed by atoms with Crippen molar-refractivity contribution in [3.8, 4) is 5.75 Å². The zero-order valence-corrected chi connectivity index (χ0v) is 11.9. The summed E-state index contributed by atoms with van der Waals surface area (Å²) in [6.45, 7) is 2.10. The van der Waals surface area contributed by atoms with Gasteiger partial charge in [-0.25, -0.2) is 0 Å². The largest absolute Gasteiger partial charge is 0.496 e. The molecule has 1 fully saturated rings. The Balaban J connectivity index is 2.10. The maximum Gasteiger partial charge on any atom is 0.257 e. The van der Waals surface area contributed by atoms with Crippen molar-refractivity contribution in [3.63, 3.8) is 0 Å². The lowest BCUT2D eigenvalue weighted by molar-refractivity contribution is 0.0656. The summed E-state index contributed by atoms with van der Waals surface area (Å²) in [6.07, 6.45) is 2.07. The van der Waals surface area contributed by atoms with Gasteiger partial charge in [-0.1, -0.05) is 12.1 Å². The fourth-order valence-corrected chi connectivity index (χ4v) is 2.56. The van der Waals surface area contributed by atoms with Crippen molar-refractivity contribution in [3.05, 3.63) is 29.8 Å². The van der Waals surface area contributed by atoms with Gasteiger partial charge in [-0.15, -0.1) is 0 Å². The third kappa shape index (κ3) is 3.07. The fraction of sp³-hybridized carbons (Fsp3) is 0.533. The highest BCUT2D eigenvalue weighted by Gasteiger charge is 2.25. The number of carbonyl (C=O) groups is 1. The van der Waals surface area contributed by atoms with Crippen LogP contribution >= 0.6 is 0 Å². The molecule has 0 saturated carbocycles. The van der Waals surface area contributed by atoms with E-state index in [0.717, 1.165) is 25.9 Å². The number of methoxy groups -OCH3 is 1. The molecule has 4 heteroatoms. The van der Waals surface area contributed by atoms with Gasteiger partial charge in [0, 0.05) is 13.1 Å². The molecule has 0 aliphatic carbocycles. The van der Waals surface area contributed by atoms with Crippen LogP contribution in [0.3, 0.4) is 0 Å². The predicted molar refractivity (Wildman–Crippen MR) is 75.6 cm³/mol. The average molecular weight is 262 g/mol. The van der Waals surface area contributed by atoms with Gasteiger partial charge in [0.15, 0.2) is 0 Å². The van der Waals surface area contributed by atoms with Gasteiger partial charge in [-0.05, 0) is 45.1 Å². The molecule has 1 aromatic rings. The first kappa shape index (κ1) is 13.9. The van der Waals surface area contributed by atoms with E-state index < -0.39 is 0 Å². The Morgan fingerprint density at radius 3 is 2.58 bits per heavy atom. The smallest absolute Gasteiger partial charge is 0.257 e. The molecular weight excluding hydrogens is 240 g/mol. The lowest BCUT2D eigenvalue weighted by atomic mass is 10.0. The number of piperidine rings is 1. The summed E-state index contributed by atoms with van der Waals surface area (Å²) in [5.41, 5.74) is 0.645. The number of nitrogens with zero attached hydrogens (tertiary/aromatic N) is 2. The maximum absolute atomic E-state index is 12.5. The molecule has 0 unspecified atom stereocenters. The molecule has 1 aliphatic heterocycles. The molecular formula is C15H22N2O2. The van der Waals surface area contributed by atoms with Gasteiger partial charge < -0.3 is 14.5 Å². The Hall–Kier alpha value is -1.55. The SMILES string of the molecule is COc1ccccc1C(=O)N(C)C1CCN(C)CC1. The Kier molecular flexibility index (Phi) is 4.43. The van der Waals surface area contributed by atoms with Crippen molar-refractivity contribution < 1.29 is 9.53 Å². The van der Waals surface area contributed by atoms with E-state index in [2.05, 4.69) is 11.9 Å². The van der Waals surface area contributed by atoms with Crippen LogP contribution in [0.4, 0.5) is 0 Å². The van der Waals surface area contributed by atoms with Crippen LogP contribution in [0, 0.1) is 0 Å². The first-order valence-corrected chi connectivity index (χ1v) is 6.72. The standard InChI is InChI=1S/C15H22N2O2/c1-16-10-8-12(9-11-16)17(2)15(18)13-6-4-5-7-14(13)19-3/h4-7,12H,8-11H2,1-3H3. The van der Waals surface area contributed by atoms with E-state index in [0.29, 0.717) is 17.4 Å². The number of para-hydroxylation sites is 1. The molecule has 2 rings (SSSR count). The molecule has 0 atom stereocenters. The van der Waals surface area contributed by atoms with Crippen molar-refractivity contribution in [2.45, 2.75) is 18.9 Å². The predicted octanol–water partition coefficient (Wildman–Crippen LogP) is 1.86. The molecule has 0 N–H and O–H groups in total. The van der Waals surface area contributed by atoms with E-state index in [4.69, 9.17) is 4.74 Å². The van der Waals surface area contributed by atoms with Crippen molar-refractivity contribution in [1.29, 1.82) is 0 Å². The Labute approximate surface area is 115 Å². The summed E-state index contributed by atoms with van der Waals surface area (Å²) < 4.78 is 5.27. The van der Waals surface area contributed by atoms with E-state index in [1.807, 2.05) is 36.2 Å². The van der Waals surface area contributed by atoms with Crippen LogP contribution in [0.1, 0.15) is 23.2 Å². The lowest BCUT2D eigenvalue weighted by Crippen LogP contribution is -2.44. The third-order valence-electron chi connectivity index (χ3n) is 3.89. The van der Waals surface area contributed by atoms with E-state index in [1.54, 1.807) is 7.11 Å². The zero-order chi connectivity index (χ0) is 13.8. The van der Waals surface area contributed by atoms with Gasteiger partial charge in [0.25, 0.3) is 5.91 Å². The normalized spacial score (nSPS) is 17.2. The van der Waals surface area contributed by atoms with Gasteiger partial charge in [0.1, 0.15) is 5.75 Å². The zero-order valence-electron chi connectivity index (χ0n) is 11.9.